The lowest BCUT2D eigenvalue weighted by atomic mass is 9.38. The van der Waals surface area contributed by atoms with Crippen LogP contribution >= 0.6 is 0 Å². The Bertz CT molecular complexity index is 1050. The lowest BCUT2D eigenvalue weighted by Crippen LogP contribution is -2.61. The molecule has 4 aliphatic rings. The van der Waals surface area contributed by atoms with Crippen LogP contribution < -0.4 is 0 Å². The molecule has 0 heterocycles. The SMILES string of the molecule is CC(=O)O[C@H]1C[C@@]2(C)[C@@H](C=C(O)[C@H]3[C@@]4(C)CC[C@@H](O)[C@@H](C)[C@@H]4CC[C@@]32C)/C1=C(\CCC=C(C)C)C(=O)O. The zero-order chi connectivity index (χ0) is 27.5. The van der Waals surface area contributed by atoms with E-state index in [2.05, 4.69) is 27.7 Å². The van der Waals surface area contributed by atoms with E-state index >= 15 is 0 Å². The summed E-state index contributed by atoms with van der Waals surface area (Å²) in [5, 5.41) is 32.7. The molecule has 0 unspecified atom stereocenters. The van der Waals surface area contributed by atoms with E-state index in [9.17, 15) is 24.9 Å². The lowest BCUT2D eigenvalue weighted by molar-refractivity contribution is -0.179. The quantitative estimate of drug-likeness (QED) is 0.224. The molecule has 0 bridgehead atoms. The van der Waals surface area contributed by atoms with Crippen molar-refractivity contribution in [2.45, 2.75) is 106 Å². The number of ether oxygens (including phenoxy) is 1. The Kier molecular flexibility index (Phi) is 7.24. The monoisotopic (exact) mass is 514 g/mol. The molecule has 3 fully saturated rings. The van der Waals surface area contributed by atoms with E-state index in [0.29, 0.717) is 42.1 Å². The number of rotatable bonds is 5. The molecule has 37 heavy (non-hydrogen) atoms. The van der Waals surface area contributed by atoms with Crippen molar-refractivity contribution in [3.63, 3.8) is 0 Å². The molecule has 0 spiro atoms. The smallest absolute Gasteiger partial charge is 0.331 e. The molecule has 9 atom stereocenters. The van der Waals surface area contributed by atoms with Gasteiger partial charge in [-0.25, -0.2) is 4.79 Å². The van der Waals surface area contributed by atoms with E-state index in [1.807, 2.05) is 26.0 Å². The summed E-state index contributed by atoms with van der Waals surface area (Å²) in [6, 6.07) is 0. The van der Waals surface area contributed by atoms with E-state index in [-0.39, 0.29) is 40.1 Å². The number of carbonyl (C=O) groups is 2. The van der Waals surface area contributed by atoms with Gasteiger partial charge in [0.15, 0.2) is 0 Å². The molecule has 206 valence electrons. The molecule has 0 amide bonds. The maximum Gasteiger partial charge on any atom is 0.331 e. The van der Waals surface area contributed by atoms with Gasteiger partial charge in [-0.2, -0.15) is 0 Å². The van der Waals surface area contributed by atoms with Crippen LogP contribution in [0, 0.1) is 39.9 Å². The van der Waals surface area contributed by atoms with Crippen LogP contribution in [0.3, 0.4) is 0 Å². The van der Waals surface area contributed by atoms with E-state index in [4.69, 9.17) is 4.74 Å². The standard InChI is InChI=1S/C31H46O6/c1-17(2)9-8-10-20(28(35)36)26-22-15-24(34)27-29(5)13-12-23(33)18(3)21(29)11-14-30(27,6)31(22,7)16-25(26)37-19(4)32/h9,15,18,21-23,25,27,33-34H,8,10-14,16H2,1-7H3,(H,35,36)/b26-20-/t18-,21-,22-,23+,25-,27-,29-,30-,31-/m0/s1. The molecule has 0 saturated heterocycles. The Morgan fingerprint density at radius 3 is 2.38 bits per heavy atom. The normalized spacial score (nSPS) is 44.1. The Labute approximate surface area is 221 Å². The fourth-order valence-electron chi connectivity index (χ4n) is 9.20. The maximum atomic E-state index is 12.6. The molecular weight excluding hydrogens is 468 g/mol. The van der Waals surface area contributed by atoms with E-state index in [0.717, 1.165) is 31.3 Å². The molecule has 3 saturated carbocycles. The minimum Gasteiger partial charge on any atom is -0.512 e. The average Bonchev–Trinajstić information content (AvgIpc) is 3.05. The van der Waals surface area contributed by atoms with Crippen molar-refractivity contribution in [1.29, 1.82) is 0 Å². The Balaban J connectivity index is 1.87. The number of hydrogen-bond donors (Lipinski definition) is 3. The van der Waals surface area contributed by atoms with Crippen molar-refractivity contribution in [2.24, 2.45) is 39.9 Å². The second-order valence-electron chi connectivity index (χ2n) is 13.3. The van der Waals surface area contributed by atoms with Gasteiger partial charge in [0.1, 0.15) is 6.10 Å². The van der Waals surface area contributed by atoms with E-state index in [1.54, 1.807) is 0 Å². The molecule has 6 nitrogen and oxygen atoms in total. The van der Waals surface area contributed by atoms with E-state index < -0.39 is 18.0 Å². The number of aliphatic hydroxyl groups excluding tert-OH is 2. The lowest BCUT2D eigenvalue weighted by Gasteiger charge is -2.66. The highest BCUT2D eigenvalue weighted by Crippen LogP contribution is 2.74. The minimum atomic E-state index is -0.982. The van der Waals surface area contributed by atoms with Crippen LogP contribution in [-0.4, -0.2) is 39.5 Å². The predicted octanol–water partition coefficient (Wildman–Crippen LogP) is 6.36. The maximum absolute atomic E-state index is 12.6. The number of aliphatic carboxylic acids is 1. The van der Waals surface area contributed by atoms with Crippen LogP contribution in [0.4, 0.5) is 0 Å². The first-order valence-corrected chi connectivity index (χ1v) is 14.0. The topological polar surface area (TPSA) is 104 Å². The molecule has 3 N–H and O–H groups in total. The van der Waals surface area contributed by atoms with Gasteiger partial charge in [-0.3, -0.25) is 4.79 Å². The first-order chi connectivity index (χ1) is 17.2. The van der Waals surface area contributed by atoms with Crippen LogP contribution in [0.1, 0.15) is 93.4 Å². The van der Waals surface area contributed by atoms with Gasteiger partial charge in [-0.05, 0) is 98.5 Å². The van der Waals surface area contributed by atoms with Crippen molar-refractivity contribution < 1.29 is 29.6 Å². The van der Waals surface area contributed by atoms with Crippen molar-refractivity contribution >= 4 is 11.9 Å². The van der Waals surface area contributed by atoms with Gasteiger partial charge in [0.2, 0.25) is 0 Å². The number of fused-ring (bicyclic) bond motifs is 5. The van der Waals surface area contributed by atoms with Gasteiger partial charge in [0.25, 0.3) is 0 Å². The van der Waals surface area contributed by atoms with Crippen LogP contribution in [0.15, 0.2) is 34.6 Å². The molecule has 0 aromatic heterocycles. The van der Waals surface area contributed by atoms with Crippen LogP contribution in [0.5, 0.6) is 0 Å². The average molecular weight is 515 g/mol. The van der Waals surface area contributed by atoms with Crippen LogP contribution in [-0.2, 0) is 14.3 Å². The third-order valence-corrected chi connectivity index (χ3v) is 11.1. The summed E-state index contributed by atoms with van der Waals surface area (Å²) in [6.45, 7) is 14.3. The van der Waals surface area contributed by atoms with Gasteiger partial charge in [0.05, 0.1) is 11.9 Å². The summed E-state index contributed by atoms with van der Waals surface area (Å²) in [5.41, 5.74) is 1.22. The predicted molar refractivity (Wildman–Crippen MR) is 143 cm³/mol. The van der Waals surface area contributed by atoms with Gasteiger partial charge in [-0.1, -0.05) is 39.3 Å². The summed E-state index contributed by atoms with van der Waals surface area (Å²) in [5.74, 6) is -0.985. The summed E-state index contributed by atoms with van der Waals surface area (Å²) in [4.78, 5) is 24.8. The summed E-state index contributed by atoms with van der Waals surface area (Å²) in [7, 11) is 0. The molecule has 0 aliphatic heterocycles. The third kappa shape index (κ3) is 4.27. The largest absolute Gasteiger partial charge is 0.512 e. The second kappa shape index (κ2) is 9.59. The highest BCUT2D eigenvalue weighted by Gasteiger charge is 2.69. The summed E-state index contributed by atoms with van der Waals surface area (Å²) < 4.78 is 5.84. The van der Waals surface area contributed by atoms with Crippen molar-refractivity contribution in [3.8, 4) is 0 Å². The number of hydrogen-bond acceptors (Lipinski definition) is 5. The number of carbonyl (C=O) groups excluding carboxylic acids is 1. The molecule has 0 aromatic rings. The first-order valence-electron chi connectivity index (χ1n) is 14.0. The molecule has 0 radical (unpaired) electrons. The van der Waals surface area contributed by atoms with E-state index in [1.165, 1.54) is 6.92 Å². The molecule has 0 aromatic carbocycles. The zero-order valence-electron chi connectivity index (χ0n) is 23.6. The molecule has 4 rings (SSSR count). The minimum absolute atomic E-state index is 0.0915. The Morgan fingerprint density at radius 2 is 1.78 bits per heavy atom. The van der Waals surface area contributed by atoms with Crippen LogP contribution in [0.2, 0.25) is 0 Å². The Morgan fingerprint density at radius 1 is 1.11 bits per heavy atom. The fourth-order valence-corrected chi connectivity index (χ4v) is 9.20. The van der Waals surface area contributed by atoms with Gasteiger partial charge in [-0.15, -0.1) is 0 Å². The number of allylic oxidation sites excluding steroid dienone is 4. The fraction of sp³-hybridized carbons (Fsp3) is 0.742. The molecule has 4 aliphatic carbocycles. The van der Waals surface area contributed by atoms with Crippen molar-refractivity contribution in [1.82, 2.24) is 0 Å². The van der Waals surface area contributed by atoms with Gasteiger partial charge < -0.3 is 20.1 Å². The van der Waals surface area contributed by atoms with Gasteiger partial charge >= 0.3 is 11.9 Å². The summed E-state index contributed by atoms with van der Waals surface area (Å²) >= 11 is 0. The van der Waals surface area contributed by atoms with Gasteiger partial charge in [0, 0.05) is 24.3 Å². The van der Waals surface area contributed by atoms with Crippen LogP contribution in [0.25, 0.3) is 0 Å². The number of carboxylic acid groups (broad SMARTS) is 1. The second-order valence-corrected chi connectivity index (χ2v) is 13.3. The highest BCUT2D eigenvalue weighted by molar-refractivity contribution is 5.88. The first kappa shape index (κ1) is 27.9. The number of esters is 1. The Hall–Kier alpha value is -2.08. The van der Waals surface area contributed by atoms with Crippen molar-refractivity contribution in [2.75, 3.05) is 0 Å². The number of carboxylic acids is 1. The number of aliphatic hydroxyl groups is 2. The van der Waals surface area contributed by atoms with Crippen molar-refractivity contribution in [3.05, 3.63) is 34.6 Å². The third-order valence-electron chi connectivity index (χ3n) is 11.1. The summed E-state index contributed by atoms with van der Waals surface area (Å²) in [6.07, 6.45) is 7.90. The molecule has 6 heteroatoms. The highest BCUT2D eigenvalue weighted by atomic mass is 16.5. The zero-order valence-corrected chi connectivity index (χ0v) is 23.6. The molecular formula is C31H46O6.